The molecule has 0 aliphatic carbocycles. The van der Waals surface area contributed by atoms with Gasteiger partial charge in [0.15, 0.2) is 0 Å². The molecule has 0 aromatic carbocycles. The standard InChI is InChI=1S/C5H6Br/c1-2-3-4-5-6/h3H,2H2,1H3. The van der Waals surface area contributed by atoms with Gasteiger partial charge in [0.2, 0.25) is 0 Å². The Bertz CT molecular complexity index is 65.7. The van der Waals surface area contributed by atoms with E-state index in [9.17, 15) is 0 Å². The summed E-state index contributed by atoms with van der Waals surface area (Å²) < 4.78 is 0. The fourth-order valence-corrected chi connectivity index (χ4v) is 0.303. The van der Waals surface area contributed by atoms with E-state index in [1.165, 1.54) is 0 Å². The summed E-state index contributed by atoms with van der Waals surface area (Å²) in [7, 11) is 0. The van der Waals surface area contributed by atoms with Gasteiger partial charge in [0.1, 0.15) is 0 Å². The molecule has 0 spiro atoms. The number of halogens is 1. The Morgan fingerprint density at radius 2 is 2.50 bits per heavy atom. The molecule has 1 heteroatoms. The molecule has 0 saturated carbocycles. The zero-order valence-corrected chi connectivity index (χ0v) is 5.25. The lowest BCUT2D eigenvalue weighted by Gasteiger charge is -1.69. The third-order valence-corrected chi connectivity index (χ3v) is 0.590. The van der Waals surface area contributed by atoms with Crippen molar-refractivity contribution in [2.24, 2.45) is 0 Å². The van der Waals surface area contributed by atoms with Gasteiger partial charge in [0, 0.05) is 22.4 Å². The van der Waals surface area contributed by atoms with Gasteiger partial charge in [-0.3, -0.25) is 0 Å². The van der Waals surface area contributed by atoms with Crippen molar-refractivity contribution in [3.63, 3.8) is 0 Å². The van der Waals surface area contributed by atoms with Gasteiger partial charge in [0.25, 0.3) is 0 Å². The highest BCUT2D eigenvalue weighted by molar-refractivity contribution is 9.12. The Hall–Kier alpha value is 0.0400. The summed E-state index contributed by atoms with van der Waals surface area (Å²) >= 11 is 2.96. The van der Waals surface area contributed by atoms with E-state index >= 15 is 0 Å². The average Bonchev–Trinajstić information content (AvgIpc) is 1.61. The quantitative estimate of drug-likeness (QED) is 0.496. The van der Waals surface area contributed by atoms with Crippen LogP contribution in [0, 0.1) is 17.2 Å². The van der Waals surface area contributed by atoms with E-state index in [4.69, 9.17) is 0 Å². The number of rotatable bonds is 1. The second-order valence-corrected chi connectivity index (χ2v) is 1.25. The summed E-state index contributed by atoms with van der Waals surface area (Å²) in [6.45, 7) is 2.05. The molecule has 0 heterocycles. The first-order valence-electron chi connectivity index (χ1n) is 1.84. The monoisotopic (exact) mass is 145 g/mol. The Morgan fingerprint density at radius 3 is 2.67 bits per heavy atom. The topological polar surface area (TPSA) is 0 Å². The molecule has 0 aromatic heterocycles. The summed E-state index contributed by atoms with van der Waals surface area (Å²) in [5, 5.41) is 0. The van der Waals surface area contributed by atoms with E-state index in [2.05, 4.69) is 33.6 Å². The zero-order chi connectivity index (χ0) is 4.83. The van der Waals surface area contributed by atoms with Crippen LogP contribution in [0.15, 0.2) is 0 Å². The van der Waals surface area contributed by atoms with Crippen molar-refractivity contribution in [2.45, 2.75) is 13.3 Å². The van der Waals surface area contributed by atoms with Crippen LogP contribution in [-0.2, 0) is 0 Å². The number of hydrogen-bond acceptors (Lipinski definition) is 0. The minimum Gasteiger partial charge on any atom is -0.0861 e. The van der Waals surface area contributed by atoms with Gasteiger partial charge < -0.3 is 0 Å². The van der Waals surface area contributed by atoms with Gasteiger partial charge >= 0.3 is 0 Å². The second kappa shape index (κ2) is 5.04. The maximum absolute atomic E-state index is 2.96. The minimum atomic E-state index is 1.03. The minimum absolute atomic E-state index is 1.03. The van der Waals surface area contributed by atoms with Crippen molar-refractivity contribution in [3.8, 4) is 10.8 Å². The molecule has 0 aromatic rings. The molecule has 0 N–H and O–H groups in total. The lowest BCUT2D eigenvalue weighted by molar-refractivity contribution is 1.17. The molecule has 0 atom stereocenters. The van der Waals surface area contributed by atoms with Crippen molar-refractivity contribution >= 4 is 15.9 Å². The molecule has 1 radical (unpaired) electrons. The molecule has 6 heavy (non-hydrogen) atoms. The van der Waals surface area contributed by atoms with Crippen LogP contribution in [0.4, 0.5) is 0 Å². The highest BCUT2D eigenvalue weighted by Gasteiger charge is 1.65. The molecule has 33 valence electrons. The van der Waals surface area contributed by atoms with Crippen LogP contribution in [-0.4, -0.2) is 0 Å². The third kappa shape index (κ3) is 4.04. The third-order valence-electron chi connectivity index (χ3n) is 0.361. The zero-order valence-electron chi connectivity index (χ0n) is 3.66. The maximum atomic E-state index is 2.96. The van der Waals surface area contributed by atoms with E-state index in [1.54, 1.807) is 0 Å². The molecule has 0 aliphatic rings. The Kier molecular flexibility index (Phi) is 5.07. The van der Waals surface area contributed by atoms with Crippen LogP contribution in [0.25, 0.3) is 0 Å². The Morgan fingerprint density at radius 1 is 1.83 bits per heavy atom. The number of unbranched alkanes of at least 4 members (excludes halogenated alkanes) is 1. The van der Waals surface area contributed by atoms with Gasteiger partial charge in [-0.1, -0.05) is 12.8 Å². The fraction of sp³-hybridized carbons (Fsp3) is 0.400. The molecule has 0 aliphatic heterocycles. The average molecular weight is 146 g/mol. The highest BCUT2D eigenvalue weighted by Crippen LogP contribution is 1.79. The first kappa shape index (κ1) is 6.04. The SMILES string of the molecule is CC[CH]C#CBr. The lowest BCUT2D eigenvalue weighted by Crippen LogP contribution is -1.57. The lowest BCUT2D eigenvalue weighted by atomic mass is 10.4. The fourth-order valence-electron chi connectivity index (χ4n) is 0.141. The molecular formula is C5H6Br. The van der Waals surface area contributed by atoms with Crippen LogP contribution in [0.1, 0.15) is 13.3 Å². The summed E-state index contributed by atoms with van der Waals surface area (Å²) in [4.78, 5) is 2.58. The van der Waals surface area contributed by atoms with Crippen LogP contribution < -0.4 is 0 Å². The first-order valence-corrected chi connectivity index (χ1v) is 2.64. The molecule has 0 saturated heterocycles. The Balaban J connectivity index is 2.79. The normalized spacial score (nSPS) is 6.33. The maximum Gasteiger partial charge on any atom is 0.0347 e. The largest absolute Gasteiger partial charge is 0.0861 e. The summed E-state index contributed by atoms with van der Waals surface area (Å²) in [5.41, 5.74) is 0. The summed E-state index contributed by atoms with van der Waals surface area (Å²) in [5.74, 6) is 2.74. The molecule has 0 unspecified atom stereocenters. The Labute approximate surface area is 47.1 Å². The molecule has 0 rings (SSSR count). The highest BCUT2D eigenvalue weighted by atomic mass is 79.9. The predicted octanol–water partition coefficient (Wildman–Crippen LogP) is 1.96. The first-order chi connectivity index (χ1) is 2.91. The molecule has 0 fully saturated rings. The van der Waals surface area contributed by atoms with Gasteiger partial charge in [-0.25, -0.2) is 0 Å². The van der Waals surface area contributed by atoms with Gasteiger partial charge in [-0.15, -0.1) is 0 Å². The van der Waals surface area contributed by atoms with E-state index < -0.39 is 0 Å². The second-order valence-electron chi connectivity index (χ2n) is 0.851. The number of hydrogen-bond donors (Lipinski definition) is 0. The van der Waals surface area contributed by atoms with Crippen molar-refractivity contribution in [3.05, 3.63) is 6.42 Å². The molecular weight excluding hydrogens is 140 g/mol. The van der Waals surface area contributed by atoms with Crippen LogP contribution in [0.2, 0.25) is 0 Å². The molecule has 0 bridgehead atoms. The van der Waals surface area contributed by atoms with Gasteiger partial charge in [-0.2, -0.15) is 0 Å². The van der Waals surface area contributed by atoms with E-state index in [0.717, 1.165) is 6.42 Å². The molecule has 0 nitrogen and oxygen atoms in total. The van der Waals surface area contributed by atoms with Crippen LogP contribution >= 0.6 is 15.9 Å². The molecule has 0 amide bonds. The van der Waals surface area contributed by atoms with E-state index in [-0.39, 0.29) is 0 Å². The van der Waals surface area contributed by atoms with Crippen molar-refractivity contribution in [1.82, 2.24) is 0 Å². The van der Waals surface area contributed by atoms with E-state index in [0.29, 0.717) is 0 Å². The van der Waals surface area contributed by atoms with Crippen molar-refractivity contribution in [1.29, 1.82) is 0 Å². The van der Waals surface area contributed by atoms with Gasteiger partial charge in [0.05, 0.1) is 0 Å². The summed E-state index contributed by atoms with van der Waals surface area (Å²) in [6.07, 6.45) is 2.92. The summed E-state index contributed by atoms with van der Waals surface area (Å²) in [6, 6.07) is 0. The van der Waals surface area contributed by atoms with Crippen LogP contribution in [0.5, 0.6) is 0 Å². The van der Waals surface area contributed by atoms with Gasteiger partial charge in [-0.05, 0) is 11.3 Å². The van der Waals surface area contributed by atoms with E-state index in [1.807, 2.05) is 6.42 Å². The predicted molar refractivity (Wildman–Crippen MR) is 31.3 cm³/mol. The van der Waals surface area contributed by atoms with Crippen LogP contribution in [0.3, 0.4) is 0 Å². The smallest absolute Gasteiger partial charge is 0.0347 e. The van der Waals surface area contributed by atoms with Crippen molar-refractivity contribution < 1.29 is 0 Å². The van der Waals surface area contributed by atoms with Crippen molar-refractivity contribution in [2.75, 3.05) is 0 Å².